The highest BCUT2D eigenvalue weighted by Gasteiger charge is 2.35. The van der Waals surface area contributed by atoms with Gasteiger partial charge in [0.05, 0.1) is 15.6 Å². The Hall–Kier alpha value is -3.56. The van der Waals surface area contributed by atoms with E-state index in [1.54, 1.807) is 42.5 Å². The molecule has 0 aliphatic rings. The molecule has 0 aromatic heterocycles. The highest BCUT2D eigenvalue weighted by Crippen LogP contribution is 2.33. The highest BCUT2D eigenvalue weighted by atomic mass is 35.5. The Balaban J connectivity index is 1.81. The molecule has 0 saturated heterocycles. The van der Waals surface area contributed by atoms with E-state index in [0.29, 0.717) is 10.6 Å². The quantitative estimate of drug-likeness (QED) is 0.210. The zero-order valence-corrected chi connectivity index (χ0v) is 25.7. The van der Waals surface area contributed by atoms with Crippen LogP contribution in [-0.2, 0) is 32.6 Å². The van der Waals surface area contributed by atoms with Crippen LogP contribution in [-0.4, -0.2) is 44.8 Å². The van der Waals surface area contributed by atoms with Gasteiger partial charge in [-0.25, -0.2) is 8.42 Å². The van der Waals surface area contributed by atoms with Crippen LogP contribution in [0.4, 0.5) is 5.69 Å². The van der Waals surface area contributed by atoms with Gasteiger partial charge in [0.1, 0.15) is 12.6 Å². The summed E-state index contributed by atoms with van der Waals surface area (Å²) in [5, 5.41) is 3.49. The predicted molar refractivity (Wildman–Crippen MR) is 167 cm³/mol. The van der Waals surface area contributed by atoms with Gasteiger partial charge in [0.15, 0.2) is 0 Å². The molecule has 7 nitrogen and oxygen atoms in total. The van der Waals surface area contributed by atoms with Gasteiger partial charge in [-0.2, -0.15) is 0 Å². The van der Waals surface area contributed by atoms with Crippen molar-refractivity contribution in [3.63, 3.8) is 0 Å². The predicted octanol–water partition coefficient (Wildman–Crippen LogP) is 6.23. The van der Waals surface area contributed by atoms with E-state index < -0.39 is 34.4 Å². The fourth-order valence-corrected chi connectivity index (χ4v) is 6.43. The number of anilines is 1. The molecule has 42 heavy (non-hydrogen) atoms. The van der Waals surface area contributed by atoms with E-state index in [1.165, 1.54) is 42.3 Å². The van der Waals surface area contributed by atoms with Gasteiger partial charge in [-0.1, -0.05) is 95.5 Å². The zero-order valence-electron chi connectivity index (χ0n) is 22.6. The molecule has 0 aliphatic heterocycles. The topological polar surface area (TPSA) is 86.8 Å². The minimum absolute atomic E-state index is 0.0173. The van der Waals surface area contributed by atoms with Gasteiger partial charge in [0, 0.05) is 30.1 Å². The first-order valence-electron chi connectivity index (χ1n) is 12.9. The molecule has 0 fully saturated rings. The normalized spacial score (nSPS) is 11.9. The van der Waals surface area contributed by atoms with Crippen molar-refractivity contribution in [3.8, 4) is 0 Å². The smallest absolute Gasteiger partial charge is 0.264 e. The number of nitrogens with zero attached hydrogens (tertiary/aromatic N) is 2. The van der Waals surface area contributed by atoms with E-state index in [-0.39, 0.29) is 33.6 Å². The Kier molecular flexibility index (Phi) is 10.5. The first kappa shape index (κ1) is 31.4. The summed E-state index contributed by atoms with van der Waals surface area (Å²) in [7, 11) is -2.80. The molecule has 1 N–H and O–H groups in total. The monoisotopic (exact) mass is 643 g/mol. The molecule has 0 aliphatic carbocycles. The standard InChI is InChI=1S/C31H28Cl3N3O4S/c1-35-31(39)29(18-22-8-4-2-5-9-22)36(20-23-12-14-24(32)15-13-23)30(38)21-37(28-19-25(33)16-17-27(28)34)42(40,41)26-10-6-3-7-11-26/h2-17,19,29H,18,20-21H2,1H3,(H,35,39). The fourth-order valence-electron chi connectivity index (χ4n) is 4.42. The molecule has 0 heterocycles. The lowest BCUT2D eigenvalue weighted by Gasteiger charge is -2.33. The van der Waals surface area contributed by atoms with Crippen LogP contribution in [0.15, 0.2) is 108 Å². The van der Waals surface area contributed by atoms with Gasteiger partial charge in [-0.3, -0.25) is 13.9 Å². The molecule has 4 aromatic carbocycles. The number of halogens is 3. The summed E-state index contributed by atoms with van der Waals surface area (Å²) < 4.78 is 28.8. The number of rotatable bonds is 11. The van der Waals surface area contributed by atoms with Gasteiger partial charge in [-0.05, 0) is 53.6 Å². The number of carbonyl (C=O) groups is 2. The van der Waals surface area contributed by atoms with Crippen LogP contribution < -0.4 is 9.62 Å². The lowest BCUT2D eigenvalue weighted by Crippen LogP contribution is -2.53. The molecule has 4 aromatic rings. The molecule has 2 amide bonds. The molecule has 1 atom stereocenters. The van der Waals surface area contributed by atoms with Gasteiger partial charge in [0.2, 0.25) is 11.8 Å². The molecule has 4 rings (SSSR count). The molecule has 0 bridgehead atoms. The van der Waals surface area contributed by atoms with Crippen molar-refractivity contribution in [1.82, 2.24) is 10.2 Å². The van der Waals surface area contributed by atoms with Crippen molar-refractivity contribution >= 4 is 62.3 Å². The number of hydrogen-bond donors (Lipinski definition) is 1. The first-order valence-corrected chi connectivity index (χ1v) is 15.5. The van der Waals surface area contributed by atoms with Gasteiger partial charge < -0.3 is 10.2 Å². The van der Waals surface area contributed by atoms with Crippen LogP contribution >= 0.6 is 34.8 Å². The molecule has 0 spiro atoms. The largest absolute Gasteiger partial charge is 0.357 e. The number of hydrogen-bond acceptors (Lipinski definition) is 4. The zero-order chi connectivity index (χ0) is 30.3. The van der Waals surface area contributed by atoms with Gasteiger partial charge in [0.25, 0.3) is 10.0 Å². The number of sulfonamides is 1. The minimum Gasteiger partial charge on any atom is -0.357 e. The Morgan fingerprint density at radius 1 is 0.786 bits per heavy atom. The van der Waals surface area contributed by atoms with Crippen LogP contribution in [0.3, 0.4) is 0 Å². The number of carbonyl (C=O) groups excluding carboxylic acids is 2. The van der Waals surface area contributed by atoms with E-state index in [0.717, 1.165) is 9.87 Å². The lowest BCUT2D eigenvalue weighted by atomic mass is 10.0. The van der Waals surface area contributed by atoms with Crippen LogP contribution in [0.2, 0.25) is 15.1 Å². The van der Waals surface area contributed by atoms with Gasteiger partial charge >= 0.3 is 0 Å². The maximum atomic E-state index is 14.3. The SMILES string of the molecule is CNC(=O)C(Cc1ccccc1)N(Cc1ccc(Cl)cc1)C(=O)CN(c1cc(Cl)ccc1Cl)S(=O)(=O)c1ccccc1. The van der Waals surface area contributed by atoms with Crippen LogP contribution in [0.5, 0.6) is 0 Å². The summed E-state index contributed by atoms with van der Waals surface area (Å²) in [6.45, 7) is -0.628. The second-order valence-corrected chi connectivity index (χ2v) is 12.5. The lowest BCUT2D eigenvalue weighted by molar-refractivity contribution is -0.139. The molecular weight excluding hydrogens is 617 g/mol. The molecule has 1 unspecified atom stereocenters. The summed E-state index contributed by atoms with van der Waals surface area (Å²) in [6.07, 6.45) is 0.198. The number of benzene rings is 4. The Morgan fingerprint density at radius 2 is 1.38 bits per heavy atom. The van der Waals surface area contributed by atoms with Crippen molar-refractivity contribution < 1.29 is 18.0 Å². The van der Waals surface area contributed by atoms with Crippen molar-refractivity contribution in [2.45, 2.75) is 23.9 Å². The summed E-state index contributed by atoms with van der Waals surface area (Å²) in [4.78, 5) is 28.9. The molecule has 218 valence electrons. The third-order valence-corrected chi connectivity index (χ3v) is 9.15. The number of amides is 2. The van der Waals surface area contributed by atoms with E-state index in [9.17, 15) is 18.0 Å². The molecule has 11 heteroatoms. The van der Waals surface area contributed by atoms with E-state index in [4.69, 9.17) is 34.8 Å². The Bertz CT molecular complexity index is 1640. The van der Waals surface area contributed by atoms with Crippen molar-refractivity contribution in [3.05, 3.63) is 129 Å². The summed E-state index contributed by atoms with van der Waals surface area (Å²) in [5.74, 6) is -1.02. The number of likely N-dealkylation sites (N-methyl/N-ethyl adjacent to an activating group) is 1. The first-order chi connectivity index (χ1) is 20.1. The average molecular weight is 645 g/mol. The maximum absolute atomic E-state index is 14.3. The average Bonchev–Trinajstić information content (AvgIpc) is 3.00. The summed E-state index contributed by atoms with van der Waals surface area (Å²) in [6, 6.07) is 27.3. The van der Waals surface area contributed by atoms with E-state index in [2.05, 4.69) is 5.32 Å². The minimum atomic E-state index is -4.29. The van der Waals surface area contributed by atoms with Crippen LogP contribution in [0.1, 0.15) is 11.1 Å². The van der Waals surface area contributed by atoms with Crippen LogP contribution in [0, 0.1) is 0 Å². The third kappa shape index (κ3) is 7.63. The van der Waals surface area contributed by atoms with Crippen molar-refractivity contribution in [2.24, 2.45) is 0 Å². The molecular formula is C31H28Cl3N3O4S. The van der Waals surface area contributed by atoms with Crippen LogP contribution in [0.25, 0.3) is 0 Å². The third-order valence-electron chi connectivity index (χ3n) is 6.57. The summed E-state index contributed by atoms with van der Waals surface area (Å²) >= 11 is 18.8. The second-order valence-electron chi connectivity index (χ2n) is 9.39. The maximum Gasteiger partial charge on any atom is 0.264 e. The molecule has 0 saturated carbocycles. The van der Waals surface area contributed by atoms with E-state index >= 15 is 0 Å². The van der Waals surface area contributed by atoms with Gasteiger partial charge in [-0.15, -0.1) is 0 Å². The Morgan fingerprint density at radius 3 is 2.00 bits per heavy atom. The van der Waals surface area contributed by atoms with E-state index in [1.807, 2.05) is 30.3 Å². The van der Waals surface area contributed by atoms with Crippen molar-refractivity contribution in [1.29, 1.82) is 0 Å². The fraction of sp³-hybridized carbons (Fsp3) is 0.161. The Labute approximate surface area is 260 Å². The highest BCUT2D eigenvalue weighted by molar-refractivity contribution is 7.92. The second kappa shape index (κ2) is 14.1. The summed E-state index contributed by atoms with van der Waals surface area (Å²) in [5.41, 5.74) is 1.56. The van der Waals surface area contributed by atoms with Crippen molar-refractivity contribution in [2.75, 3.05) is 17.9 Å². The number of nitrogens with one attached hydrogen (secondary N) is 1. The molecule has 0 radical (unpaired) electrons.